The van der Waals surface area contributed by atoms with Crippen LogP contribution in [0, 0.1) is 5.41 Å². The maximum atomic E-state index is 11.7. The Kier molecular flexibility index (Phi) is 8.20. The van der Waals surface area contributed by atoms with Crippen LogP contribution in [-0.4, -0.2) is 45.5 Å². The molecule has 0 amide bonds. The van der Waals surface area contributed by atoms with Gasteiger partial charge in [-0.25, -0.2) is 13.1 Å². The van der Waals surface area contributed by atoms with Crippen molar-refractivity contribution in [2.24, 2.45) is 5.41 Å². The molecule has 0 rings (SSSR count). The van der Waals surface area contributed by atoms with Gasteiger partial charge >= 0.3 is 5.97 Å². The lowest BCUT2D eigenvalue weighted by molar-refractivity contribution is -0.140. The number of aliphatic hydroxyl groups excluding tert-OH is 1. The Labute approximate surface area is 115 Å². The summed E-state index contributed by atoms with van der Waals surface area (Å²) in [4.78, 5) is 10.9. The van der Waals surface area contributed by atoms with E-state index < -0.39 is 16.0 Å². The predicted molar refractivity (Wildman–Crippen MR) is 73.1 cm³/mol. The van der Waals surface area contributed by atoms with Crippen molar-refractivity contribution in [2.45, 2.75) is 39.5 Å². The van der Waals surface area contributed by atoms with E-state index in [1.54, 1.807) is 0 Å². The quantitative estimate of drug-likeness (QED) is 0.578. The van der Waals surface area contributed by atoms with Gasteiger partial charge in [-0.2, -0.15) is 0 Å². The smallest absolute Gasteiger partial charge is 0.305 e. The minimum atomic E-state index is -3.36. The van der Waals surface area contributed by atoms with Gasteiger partial charge in [0, 0.05) is 19.6 Å². The van der Waals surface area contributed by atoms with Crippen molar-refractivity contribution in [3.8, 4) is 0 Å². The van der Waals surface area contributed by atoms with Crippen LogP contribution in [0.1, 0.15) is 39.5 Å². The number of carbonyl (C=O) groups excluding carboxylic acids is 1. The number of ether oxygens (including phenoxy) is 1. The molecule has 0 heterocycles. The molecule has 0 aliphatic heterocycles. The molecule has 19 heavy (non-hydrogen) atoms. The molecule has 2 N–H and O–H groups in total. The van der Waals surface area contributed by atoms with Crippen LogP contribution in [-0.2, 0) is 19.6 Å². The van der Waals surface area contributed by atoms with Crippen LogP contribution in [0.5, 0.6) is 0 Å². The Morgan fingerprint density at radius 3 is 2.47 bits per heavy atom. The van der Waals surface area contributed by atoms with Gasteiger partial charge in [0.25, 0.3) is 0 Å². The van der Waals surface area contributed by atoms with E-state index in [4.69, 9.17) is 5.11 Å². The monoisotopic (exact) mass is 295 g/mol. The predicted octanol–water partition coefficient (Wildman–Crippen LogP) is 0.658. The van der Waals surface area contributed by atoms with Crippen molar-refractivity contribution in [1.82, 2.24) is 4.72 Å². The van der Waals surface area contributed by atoms with Gasteiger partial charge in [0.05, 0.1) is 12.9 Å². The van der Waals surface area contributed by atoms with Gasteiger partial charge in [0.2, 0.25) is 10.0 Å². The number of carbonyl (C=O) groups is 1. The molecule has 0 fully saturated rings. The number of rotatable bonds is 10. The average Bonchev–Trinajstić information content (AvgIpc) is 2.34. The zero-order valence-corrected chi connectivity index (χ0v) is 12.8. The summed E-state index contributed by atoms with van der Waals surface area (Å²) in [5.41, 5.74) is -0.196. The molecule has 0 bridgehead atoms. The van der Waals surface area contributed by atoms with E-state index in [0.29, 0.717) is 13.0 Å². The first-order valence-corrected chi connectivity index (χ1v) is 8.03. The molecule has 0 aromatic heterocycles. The summed E-state index contributed by atoms with van der Waals surface area (Å²) in [6.45, 7) is 4.32. The highest BCUT2D eigenvalue weighted by Crippen LogP contribution is 2.21. The van der Waals surface area contributed by atoms with E-state index >= 15 is 0 Å². The number of hydrogen-bond donors (Lipinski definition) is 2. The first kappa shape index (κ1) is 18.3. The van der Waals surface area contributed by atoms with Crippen LogP contribution in [0.25, 0.3) is 0 Å². The minimum Gasteiger partial charge on any atom is -0.469 e. The van der Waals surface area contributed by atoms with E-state index in [1.165, 1.54) is 7.11 Å². The Hall–Kier alpha value is -0.660. The Bertz CT molecular complexity index is 364. The topological polar surface area (TPSA) is 92.7 Å². The summed E-state index contributed by atoms with van der Waals surface area (Å²) < 4.78 is 30.4. The fourth-order valence-corrected chi connectivity index (χ4v) is 2.81. The second-order valence-corrected chi connectivity index (χ2v) is 7.24. The highest BCUT2D eigenvalue weighted by molar-refractivity contribution is 7.89. The molecule has 7 heteroatoms. The minimum absolute atomic E-state index is 0.0851. The van der Waals surface area contributed by atoms with Crippen molar-refractivity contribution < 1.29 is 23.1 Å². The van der Waals surface area contributed by atoms with Crippen molar-refractivity contribution in [3.05, 3.63) is 0 Å². The molecule has 0 saturated heterocycles. The molecule has 0 saturated carbocycles. The molecule has 0 aromatic rings. The number of sulfonamides is 1. The summed E-state index contributed by atoms with van der Waals surface area (Å²) >= 11 is 0. The van der Waals surface area contributed by atoms with Crippen LogP contribution in [0.4, 0.5) is 0 Å². The maximum absolute atomic E-state index is 11.7. The second kappa shape index (κ2) is 8.50. The SMILES string of the molecule is COC(=O)CCCS(=O)(=O)NCC(C)(C)CCCO. The largest absolute Gasteiger partial charge is 0.469 e. The van der Waals surface area contributed by atoms with Gasteiger partial charge in [0.1, 0.15) is 0 Å². The lowest BCUT2D eigenvalue weighted by atomic mass is 9.88. The molecule has 0 radical (unpaired) electrons. The Morgan fingerprint density at radius 1 is 1.32 bits per heavy atom. The standard InChI is InChI=1S/C12H25NO5S/c1-12(2,7-5-8-14)10-13-19(16,17)9-4-6-11(15)18-3/h13-14H,4-10H2,1-3H3. The Morgan fingerprint density at radius 2 is 1.95 bits per heavy atom. The lowest BCUT2D eigenvalue weighted by Gasteiger charge is -2.24. The van der Waals surface area contributed by atoms with Gasteiger partial charge in [0.15, 0.2) is 0 Å². The van der Waals surface area contributed by atoms with Crippen LogP contribution in [0.2, 0.25) is 0 Å². The van der Waals surface area contributed by atoms with Crippen molar-refractivity contribution in [2.75, 3.05) is 26.0 Å². The van der Waals surface area contributed by atoms with E-state index in [1.807, 2.05) is 13.8 Å². The molecule has 0 atom stereocenters. The third-order valence-electron chi connectivity index (χ3n) is 2.80. The maximum Gasteiger partial charge on any atom is 0.305 e. The van der Waals surface area contributed by atoms with Crippen LogP contribution in [0.3, 0.4) is 0 Å². The zero-order valence-electron chi connectivity index (χ0n) is 11.9. The van der Waals surface area contributed by atoms with Crippen molar-refractivity contribution in [1.29, 1.82) is 0 Å². The Balaban J connectivity index is 4.05. The van der Waals surface area contributed by atoms with Gasteiger partial charge in [-0.3, -0.25) is 4.79 Å². The number of hydrogen-bond acceptors (Lipinski definition) is 5. The fourth-order valence-electron chi connectivity index (χ4n) is 1.53. The highest BCUT2D eigenvalue weighted by Gasteiger charge is 2.20. The molecule has 114 valence electrons. The van der Waals surface area contributed by atoms with E-state index in [2.05, 4.69) is 9.46 Å². The normalized spacial score (nSPS) is 12.4. The van der Waals surface area contributed by atoms with E-state index in [0.717, 1.165) is 6.42 Å². The summed E-state index contributed by atoms with van der Waals surface area (Å²) in [6.07, 6.45) is 1.75. The number of nitrogens with one attached hydrogen (secondary N) is 1. The number of aliphatic hydroxyl groups is 1. The lowest BCUT2D eigenvalue weighted by Crippen LogP contribution is -2.35. The fraction of sp³-hybridized carbons (Fsp3) is 0.917. The van der Waals surface area contributed by atoms with Gasteiger partial charge in [-0.05, 0) is 24.7 Å². The zero-order chi connectivity index (χ0) is 14.9. The van der Waals surface area contributed by atoms with Crippen LogP contribution < -0.4 is 4.72 Å². The molecular weight excluding hydrogens is 270 g/mol. The van der Waals surface area contributed by atoms with Crippen molar-refractivity contribution in [3.63, 3.8) is 0 Å². The molecule has 0 aromatic carbocycles. The van der Waals surface area contributed by atoms with Crippen molar-refractivity contribution >= 4 is 16.0 Å². The van der Waals surface area contributed by atoms with E-state index in [9.17, 15) is 13.2 Å². The molecule has 0 aliphatic rings. The first-order chi connectivity index (χ1) is 8.72. The van der Waals surface area contributed by atoms with Gasteiger partial charge in [-0.15, -0.1) is 0 Å². The molecule has 0 spiro atoms. The molecular formula is C12H25NO5S. The molecule has 6 nitrogen and oxygen atoms in total. The first-order valence-electron chi connectivity index (χ1n) is 6.37. The number of methoxy groups -OCH3 is 1. The summed E-state index contributed by atoms with van der Waals surface area (Å²) in [7, 11) is -2.09. The highest BCUT2D eigenvalue weighted by atomic mass is 32.2. The molecule has 0 aliphatic carbocycles. The van der Waals surface area contributed by atoms with Crippen LogP contribution in [0.15, 0.2) is 0 Å². The molecule has 0 unspecified atom stereocenters. The summed E-state index contributed by atoms with van der Waals surface area (Å²) in [6, 6.07) is 0. The van der Waals surface area contributed by atoms with Gasteiger partial charge in [-0.1, -0.05) is 13.8 Å². The van der Waals surface area contributed by atoms with Crippen LogP contribution >= 0.6 is 0 Å². The number of esters is 1. The average molecular weight is 295 g/mol. The van der Waals surface area contributed by atoms with E-state index in [-0.39, 0.29) is 30.6 Å². The second-order valence-electron chi connectivity index (χ2n) is 5.31. The summed E-state index contributed by atoms with van der Waals surface area (Å²) in [5, 5.41) is 8.77. The van der Waals surface area contributed by atoms with Gasteiger partial charge < -0.3 is 9.84 Å². The summed E-state index contributed by atoms with van der Waals surface area (Å²) in [5.74, 6) is -0.489. The third kappa shape index (κ3) is 9.86. The third-order valence-corrected chi connectivity index (χ3v) is 4.21.